The maximum absolute atomic E-state index is 13.5. The van der Waals surface area contributed by atoms with E-state index in [1.807, 2.05) is 6.07 Å². The van der Waals surface area contributed by atoms with Gasteiger partial charge in [-0.1, -0.05) is 71.6 Å². The maximum Gasteiger partial charge on any atom is 0.347 e. The Morgan fingerprint density at radius 2 is 1.47 bits per heavy atom. The van der Waals surface area contributed by atoms with E-state index >= 15 is 0 Å². The van der Waals surface area contributed by atoms with E-state index in [0.717, 1.165) is 51.4 Å². The molecule has 1 saturated heterocycles. The molecule has 2 aliphatic rings. The van der Waals surface area contributed by atoms with Crippen molar-refractivity contribution in [2.75, 3.05) is 39.6 Å². The van der Waals surface area contributed by atoms with Gasteiger partial charge in [0.1, 0.15) is 36.4 Å². The monoisotopic (exact) mass is 633 g/mol. The summed E-state index contributed by atoms with van der Waals surface area (Å²) in [5, 5.41) is 14.7. The molecular weight excluding hydrogens is 578 g/mol. The summed E-state index contributed by atoms with van der Waals surface area (Å²) in [5.41, 5.74) is 0.471. The molecular formula is C34H55N3O8. The number of amidine groups is 1. The van der Waals surface area contributed by atoms with Gasteiger partial charge in [0.15, 0.2) is 6.23 Å². The number of aliphatic imine (C=N–C) groups is 1. The van der Waals surface area contributed by atoms with Crippen LogP contribution < -0.4 is 5.32 Å². The summed E-state index contributed by atoms with van der Waals surface area (Å²) in [6.45, 7) is 10.7. The molecule has 6 atom stereocenters. The van der Waals surface area contributed by atoms with Crippen LogP contribution in [0.15, 0.2) is 35.3 Å². The standard InChI is InChI=1S/C34H55N3O8/c1-5-9-20-41-24-26-29(42-21-10-6-2)31(44-23-12-8-4)30(43-22-11-7-3)28(38)33(45-26)37-19-18-27(36-34(37)40)35-32(39)25-16-14-13-15-17-25/h13-17,26,28-31,33,38H,5-12,18-24H2,1-4H3,(H,35,36,39,40)/t26-,28-,29-,30+,31+,33-/m1/s1. The second-order valence-corrected chi connectivity index (χ2v) is 11.7. The average molecular weight is 634 g/mol. The Balaban J connectivity index is 1.91. The number of unbranched alkanes of at least 4 members (excludes halogenated alkanes) is 4. The number of aliphatic hydroxyl groups excluding tert-OH is 1. The Morgan fingerprint density at radius 3 is 2.07 bits per heavy atom. The number of amides is 3. The molecule has 254 valence electrons. The number of urea groups is 1. The van der Waals surface area contributed by atoms with Gasteiger partial charge >= 0.3 is 6.03 Å². The summed E-state index contributed by atoms with van der Waals surface area (Å²) in [7, 11) is 0. The minimum atomic E-state index is -1.24. The summed E-state index contributed by atoms with van der Waals surface area (Å²) in [4.78, 5) is 31.8. The molecule has 0 saturated carbocycles. The summed E-state index contributed by atoms with van der Waals surface area (Å²) < 4.78 is 31.9. The van der Waals surface area contributed by atoms with Crippen LogP contribution in [0.5, 0.6) is 0 Å². The highest BCUT2D eigenvalue weighted by atomic mass is 16.6. The van der Waals surface area contributed by atoms with Crippen molar-refractivity contribution in [3.05, 3.63) is 35.9 Å². The summed E-state index contributed by atoms with van der Waals surface area (Å²) >= 11 is 0. The Labute approximate surface area is 269 Å². The van der Waals surface area contributed by atoms with Crippen molar-refractivity contribution in [2.24, 2.45) is 4.99 Å². The van der Waals surface area contributed by atoms with Gasteiger partial charge in [0.2, 0.25) is 0 Å². The largest absolute Gasteiger partial charge is 0.386 e. The molecule has 2 N–H and O–H groups in total. The normalized spacial score (nSPS) is 25.6. The van der Waals surface area contributed by atoms with E-state index in [-0.39, 0.29) is 31.3 Å². The molecule has 3 rings (SSSR count). The van der Waals surface area contributed by atoms with E-state index < -0.39 is 42.8 Å². The van der Waals surface area contributed by atoms with E-state index in [2.05, 4.69) is 38.0 Å². The maximum atomic E-state index is 13.5. The molecule has 1 aromatic rings. The molecule has 11 nitrogen and oxygen atoms in total. The molecule has 0 radical (unpaired) electrons. The van der Waals surface area contributed by atoms with Crippen LogP contribution in [0.2, 0.25) is 0 Å². The van der Waals surface area contributed by atoms with Crippen LogP contribution in [-0.4, -0.2) is 104 Å². The molecule has 11 heteroatoms. The molecule has 1 aromatic carbocycles. The molecule has 0 unspecified atom stereocenters. The van der Waals surface area contributed by atoms with Gasteiger partial charge < -0.3 is 34.1 Å². The molecule has 45 heavy (non-hydrogen) atoms. The Bertz CT molecular complexity index is 1030. The van der Waals surface area contributed by atoms with E-state index in [1.165, 1.54) is 4.90 Å². The Morgan fingerprint density at radius 1 is 0.889 bits per heavy atom. The summed E-state index contributed by atoms with van der Waals surface area (Å²) in [6.07, 6.45) is 2.47. The molecule has 1 fully saturated rings. The zero-order valence-electron chi connectivity index (χ0n) is 27.7. The highest BCUT2D eigenvalue weighted by Crippen LogP contribution is 2.31. The second kappa shape index (κ2) is 20.7. The first-order valence-electron chi connectivity index (χ1n) is 17.0. The van der Waals surface area contributed by atoms with Gasteiger partial charge in [0.05, 0.1) is 6.61 Å². The zero-order valence-corrected chi connectivity index (χ0v) is 27.7. The predicted molar refractivity (Wildman–Crippen MR) is 172 cm³/mol. The fourth-order valence-electron chi connectivity index (χ4n) is 5.28. The van der Waals surface area contributed by atoms with Crippen LogP contribution in [-0.2, 0) is 23.7 Å². The van der Waals surface area contributed by atoms with Crippen LogP contribution in [0.3, 0.4) is 0 Å². The first-order valence-corrected chi connectivity index (χ1v) is 17.0. The van der Waals surface area contributed by atoms with Gasteiger partial charge in [-0.15, -0.1) is 0 Å². The summed E-state index contributed by atoms with van der Waals surface area (Å²) in [5.74, 6) is -0.0702. The van der Waals surface area contributed by atoms with Crippen molar-refractivity contribution in [1.82, 2.24) is 10.2 Å². The van der Waals surface area contributed by atoms with E-state index in [4.69, 9.17) is 23.7 Å². The lowest BCUT2D eigenvalue weighted by atomic mass is 9.99. The van der Waals surface area contributed by atoms with Crippen molar-refractivity contribution in [3.63, 3.8) is 0 Å². The third-order valence-electron chi connectivity index (χ3n) is 7.97. The van der Waals surface area contributed by atoms with Crippen molar-refractivity contribution in [3.8, 4) is 0 Å². The van der Waals surface area contributed by atoms with Gasteiger partial charge in [0.25, 0.3) is 5.91 Å². The van der Waals surface area contributed by atoms with Crippen molar-refractivity contribution < 1.29 is 38.4 Å². The fraction of sp³-hybridized carbons (Fsp3) is 0.735. The number of hydrogen-bond donors (Lipinski definition) is 2. The minimum Gasteiger partial charge on any atom is -0.386 e. The molecule has 0 bridgehead atoms. The third-order valence-corrected chi connectivity index (χ3v) is 7.97. The third kappa shape index (κ3) is 11.4. The lowest BCUT2D eigenvalue weighted by molar-refractivity contribution is -0.180. The Kier molecular flexibility index (Phi) is 17.0. The number of carbonyl (C=O) groups is 2. The predicted octanol–water partition coefficient (Wildman–Crippen LogP) is 5.10. The minimum absolute atomic E-state index is 0.183. The lowest BCUT2D eigenvalue weighted by Crippen LogP contribution is -2.56. The fourth-order valence-corrected chi connectivity index (χ4v) is 5.28. The lowest BCUT2D eigenvalue weighted by Gasteiger charge is -2.37. The number of ether oxygens (including phenoxy) is 5. The van der Waals surface area contributed by atoms with E-state index in [1.54, 1.807) is 24.3 Å². The number of nitrogens with one attached hydrogen (secondary N) is 1. The van der Waals surface area contributed by atoms with Crippen LogP contribution >= 0.6 is 0 Å². The number of aliphatic hydroxyl groups is 1. The quantitative estimate of drug-likeness (QED) is 0.202. The molecule has 2 aliphatic heterocycles. The van der Waals surface area contributed by atoms with Crippen molar-refractivity contribution in [1.29, 1.82) is 0 Å². The molecule has 0 spiro atoms. The average Bonchev–Trinajstić information content (AvgIpc) is 3.14. The Hall–Kier alpha value is -2.41. The molecule has 0 aliphatic carbocycles. The number of nitrogens with zero attached hydrogens (tertiary/aromatic N) is 2. The molecule has 0 aromatic heterocycles. The first kappa shape index (κ1) is 37.1. The smallest absolute Gasteiger partial charge is 0.347 e. The molecule has 2 heterocycles. The first-order chi connectivity index (χ1) is 21.9. The zero-order chi connectivity index (χ0) is 32.4. The van der Waals surface area contributed by atoms with Gasteiger partial charge in [-0.25, -0.2) is 4.79 Å². The van der Waals surface area contributed by atoms with E-state index in [9.17, 15) is 14.7 Å². The van der Waals surface area contributed by atoms with Gasteiger partial charge in [-0.05, 0) is 37.8 Å². The van der Waals surface area contributed by atoms with Crippen molar-refractivity contribution >= 4 is 17.8 Å². The van der Waals surface area contributed by atoms with Gasteiger partial charge in [-0.3, -0.25) is 9.69 Å². The highest BCUT2D eigenvalue weighted by molar-refractivity contribution is 6.09. The number of rotatable bonds is 19. The molecule has 3 amide bonds. The van der Waals surface area contributed by atoms with Crippen LogP contribution in [0, 0.1) is 0 Å². The highest BCUT2D eigenvalue weighted by Gasteiger charge is 2.51. The van der Waals surface area contributed by atoms with E-state index in [0.29, 0.717) is 32.0 Å². The SMILES string of the molecule is CCCCOC[C@H]1O[C@@H](N2CCC(NC(=O)c3ccccc3)=NC2=O)[C@H](O)[C@H](OCCCC)[C@@H](OCCCC)[C@@H]1OCCCC. The number of carbonyl (C=O) groups excluding carboxylic acids is 2. The second-order valence-electron chi connectivity index (χ2n) is 11.7. The van der Waals surface area contributed by atoms with Crippen LogP contribution in [0.4, 0.5) is 4.79 Å². The van der Waals surface area contributed by atoms with Gasteiger partial charge in [-0.2, -0.15) is 4.99 Å². The van der Waals surface area contributed by atoms with Crippen LogP contribution in [0.1, 0.15) is 95.8 Å². The summed E-state index contributed by atoms with van der Waals surface area (Å²) in [6, 6.07) is 8.16. The van der Waals surface area contributed by atoms with Gasteiger partial charge in [0, 0.05) is 45.0 Å². The topological polar surface area (TPSA) is 128 Å². The number of hydrogen-bond acceptors (Lipinski definition) is 8. The number of benzene rings is 1. The van der Waals surface area contributed by atoms with Crippen LogP contribution in [0.25, 0.3) is 0 Å². The van der Waals surface area contributed by atoms with Crippen molar-refractivity contribution in [2.45, 2.75) is 122 Å².